The smallest absolute Gasteiger partial charge is 0.234 e. The highest BCUT2D eigenvalue weighted by Gasteiger charge is 2.31. The lowest BCUT2D eigenvalue weighted by Gasteiger charge is -2.35. The Morgan fingerprint density at radius 2 is 2.10 bits per heavy atom. The van der Waals surface area contributed by atoms with E-state index in [-0.39, 0.29) is 24.8 Å². The summed E-state index contributed by atoms with van der Waals surface area (Å²) >= 11 is 3.58. The molecular weight excluding hydrogens is 404 g/mol. The zero-order valence-corrected chi connectivity index (χ0v) is 17.7. The number of hydrogen-bond acceptors (Lipinski definition) is 6. The molecule has 7 heteroatoms. The van der Waals surface area contributed by atoms with Crippen molar-refractivity contribution in [3.8, 4) is 11.5 Å². The summed E-state index contributed by atoms with van der Waals surface area (Å²) < 4.78 is 10.8. The Morgan fingerprint density at radius 1 is 1.21 bits per heavy atom. The maximum atomic E-state index is 12.9. The van der Waals surface area contributed by atoms with Gasteiger partial charge in [-0.1, -0.05) is 12.1 Å². The minimum atomic E-state index is -0.0984. The molecule has 0 radical (unpaired) electrons. The summed E-state index contributed by atoms with van der Waals surface area (Å²) in [6.07, 6.45) is 1.000. The van der Waals surface area contributed by atoms with Crippen LogP contribution in [0.2, 0.25) is 0 Å². The Bertz CT molecular complexity index is 1020. The maximum absolute atomic E-state index is 12.9. The number of amides is 1. The second-order valence-electron chi connectivity index (χ2n) is 7.34. The molecule has 1 amide bonds. The van der Waals surface area contributed by atoms with E-state index in [9.17, 15) is 4.79 Å². The van der Waals surface area contributed by atoms with Gasteiger partial charge in [-0.2, -0.15) is 0 Å². The SMILES string of the molecule is C[C@H](NC(=O)CN1CCc2sccc2[C@@H]1c1cccs1)c1ccc2c(c1)OCO2. The topological polar surface area (TPSA) is 50.8 Å². The van der Waals surface area contributed by atoms with Gasteiger partial charge >= 0.3 is 0 Å². The van der Waals surface area contributed by atoms with Crippen molar-refractivity contribution in [2.24, 2.45) is 0 Å². The number of thiophene rings is 2. The van der Waals surface area contributed by atoms with Crippen LogP contribution in [0.25, 0.3) is 0 Å². The van der Waals surface area contributed by atoms with E-state index in [1.165, 1.54) is 15.3 Å². The van der Waals surface area contributed by atoms with Crippen molar-refractivity contribution >= 4 is 28.6 Å². The maximum Gasteiger partial charge on any atom is 0.234 e. The summed E-state index contributed by atoms with van der Waals surface area (Å²) in [5.74, 6) is 1.53. The van der Waals surface area contributed by atoms with E-state index < -0.39 is 0 Å². The van der Waals surface area contributed by atoms with Crippen molar-refractivity contribution in [2.75, 3.05) is 19.9 Å². The lowest BCUT2D eigenvalue weighted by Crippen LogP contribution is -2.43. The fourth-order valence-electron chi connectivity index (χ4n) is 4.06. The van der Waals surface area contributed by atoms with E-state index in [4.69, 9.17) is 9.47 Å². The van der Waals surface area contributed by atoms with Crippen molar-refractivity contribution < 1.29 is 14.3 Å². The van der Waals surface area contributed by atoms with E-state index in [2.05, 4.69) is 39.2 Å². The quantitative estimate of drug-likeness (QED) is 0.659. The highest BCUT2D eigenvalue weighted by atomic mass is 32.1. The molecule has 2 aromatic heterocycles. The number of fused-ring (bicyclic) bond motifs is 2. The molecule has 0 saturated heterocycles. The highest BCUT2D eigenvalue weighted by Crippen LogP contribution is 2.39. The molecule has 0 saturated carbocycles. The Balaban J connectivity index is 1.30. The number of nitrogens with one attached hydrogen (secondary N) is 1. The predicted octanol–water partition coefficient (Wildman–Crippen LogP) is 4.36. The van der Waals surface area contributed by atoms with Crippen LogP contribution in [0.4, 0.5) is 0 Å². The number of nitrogens with zero attached hydrogens (tertiary/aromatic N) is 1. The predicted molar refractivity (Wildman–Crippen MR) is 115 cm³/mol. The van der Waals surface area contributed by atoms with Crippen LogP contribution < -0.4 is 14.8 Å². The molecule has 1 N–H and O–H groups in total. The van der Waals surface area contributed by atoms with E-state index in [1.54, 1.807) is 11.3 Å². The van der Waals surface area contributed by atoms with Crippen molar-refractivity contribution in [1.29, 1.82) is 0 Å². The molecule has 4 heterocycles. The summed E-state index contributed by atoms with van der Waals surface area (Å²) in [6.45, 7) is 3.52. The van der Waals surface area contributed by atoms with Gasteiger partial charge in [0.15, 0.2) is 11.5 Å². The summed E-state index contributed by atoms with van der Waals surface area (Å²) in [4.78, 5) is 17.9. The molecule has 0 bridgehead atoms. The van der Waals surface area contributed by atoms with Crippen molar-refractivity contribution in [2.45, 2.75) is 25.4 Å². The fourth-order valence-corrected chi connectivity index (χ4v) is 5.84. The van der Waals surface area contributed by atoms with Crippen LogP contribution in [0.3, 0.4) is 0 Å². The molecule has 29 heavy (non-hydrogen) atoms. The Morgan fingerprint density at radius 3 is 2.97 bits per heavy atom. The number of carbonyl (C=O) groups excluding carboxylic acids is 1. The van der Waals surface area contributed by atoms with Crippen LogP contribution in [0, 0.1) is 0 Å². The van der Waals surface area contributed by atoms with Crippen LogP contribution in [0.1, 0.15) is 39.9 Å². The third-order valence-corrected chi connectivity index (χ3v) is 7.42. The first-order chi connectivity index (χ1) is 14.2. The molecule has 0 spiro atoms. The third kappa shape index (κ3) is 3.66. The molecule has 2 atom stereocenters. The van der Waals surface area contributed by atoms with Crippen LogP contribution >= 0.6 is 22.7 Å². The summed E-state index contributed by atoms with van der Waals surface area (Å²) in [6, 6.07) is 12.4. The zero-order valence-electron chi connectivity index (χ0n) is 16.1. The second-order valence-corrected chi connectivity index (χ2v) is 9.32. The molecule has 150 valence electrons. The Kier molecular flexibility index (Phi) is 5.03. The number of ether oxygens (including phenoxy) is 2. The molecule has 3 aromatic rings. The van der Waals surface area contributed by atoms with Crippen LogP contribution in [-0.4, -0.2) is 30.7 Å². The zero-order chi connectivity index (χ0) is 19.8. The van der Waals surface area contributed by atoms with Crippen LogP contribution in [-0.2, 0) is 11.2 Å². The summed E-state index contributed by atoms with van der Waals surface area (Å²) in [5, 5.41) is 7.42. The van der Waals surface area contributed by atoms with Gasteiger partial charge in [0.25, 0.3) is 0 Å². The van der Waals surface area contributed by atoms with Gasteiger partial charge in [0.05, 0.1) is 18.6 Å². The van der Waals surface area contributed by atoms with Crippen molar-refractivity contribution in [1.82, 2.24) is 10.2 Å². The molecule has 1 aromatic carbocycles. The third-order valence-electron chi connectivity index (χ3n) is 5.50. The number of benzene rings is 1. The number of rotatable bonds is 5. The standard InChI is InChI=1S/C22H22N2O3S2/c1-14(15-4-5-17-18(11-15)27-13-26-17)23-21(25)12-24-8-6-19-16(7-10-29-19)22(24)20-3-2-9-28-20/h2-5,7,9-11,14,22H,6,8,12-13H2,1H3,(H,23,25)/t14-,22+/m0/s1. The first-order valence-electron chi connectivity index (χ1n) is 9.71. The van der Waals surface area contributed by atoms with Gasteiger partial charge in [0.1, 0.15) is 0 Å². The minimum Gasteiger partial charge on any atom is -0.454 e. The lowest BCUT2D eigenvalue weighted by molar-refractivity contribution is -0.123. The van der Waals surface area contributed by atoms with Gasteiger partial charge < -0.3 is 14.8 Å². The molecule has 0 aliphatic carbocycles. The van der Waals surface area contributed by atoms with E-state index >= 15 is 0 Å². The minimum absolute atomic E-state index is 0.0374. The Hall–Kier alpha value is -2.35. The molecular formula is C22H22N2O3S2. The fraction of sp³-hybridized carbons (Fsp3) is 0.318. The van der Waals surface area contributed by atoms with Gasteiger partial charge in [-0.3, -0.25) is 9.69 Å². The average Bonchev–Trinajstić information content (AvgIpc) is 3.47. The van der Waals surface area contributed by atoms with E-state index in [0.717, 1.165) is 30.0 Å². The monoisotopic (exact) mass is 426 g/mol. The normalized spacial score (nSPS) is 19.0. The van der Waals surface area contributed by atoms with Gasteiger partial charge in [-0.05, 0) is 59.5 Å². The highest BCUT2D eigenvalue weighted by molar-refractivity contribution is 7.10. The van der Waals surface area contributed by atoms with Crippen LogP contribution in [0.5, 0.6) is 11.5 Å². The second kappa shape index (κ2) is 7.82. The van der Waals surface area contributed by atoms with Crippen molar-refractivity contribution in [3.05, 3.63) is 68.0 Å². The first kappa shape index (κ1) is 18.7. The largest absolute Gasteiger partial charge is 0.454 e. The van der Waals surface area contributed by atoms with Gasteiger partial charge in [0, 0.05) is 16.3 Å². The molecule has 0 unspecified atom stereocenters. The summed E-state index contributed by atoms with van der Waals surface area (Å²) in [7, 11) is 0. The lowest BCUT2D eigenvalue weighted by atomic mass is 9.98. The van der Waals surface area contributed by atoms with Gasteiger partial charge in [-0.15, -0.1) is 22.7 Å². The molecule has 2 aliphatic rings. The summed E-state index contributed by atoms with van der Waals surface area (Å²) in [5.41, 5.74) is 2.36. The molecule has 2 aliphatic heterocycles. The molecule has 0 fully saturated rings. The van der Waals surface area contributed by atoms with Gasteiger partial charge in [0.2, 0.25) is 12.7 Å². The van der Waals surface area contributed by atoms with Crippen molar-refractivity contribution in [3.63, 3.8) is 0 Å². The number of hydrogen-bond donors (Lipinski definition) is 1. The van der Waals surface area contributed by atoms with E-state index in [1.807, 2.05) is 36.5 Å². The molecule has 5 rings (SSSR count). The van der Waals surface area contributed by atoms with Gasteiger partial charge in [-0.25, -0.2) is 0 Å². The average molecular weight is 427 g/mol. The number of carbonyl (C=O) groups is 1. The first-order valence-corrected chi connectivity index (χ1v) is 11.5. The van der Waals surface area contributed by atoms with Crippen LogP contribution in [0.15, 0.2) is 47.2 Å². The Labute approximate surface area is 177 Å². The molecule has 5 nitrogen and oxygen atoms in total. The van der Waals surface area contributed by atoms with E-state index in [0.29, 0.717) is 6.54 Å².